The fourth-order valence-electron chi connectivity index (χ4n) is 1.64. The molecule has 3 heterocycles. The molecule has 96 valence electrons. The van der Waals surface area contributed by atoms with Gasteiger partial charge < -0.3 is 0 Å². The van der Waals surface area contributed by atoms with Crippen LogP contribution in [0, 0.1) is 13.8 Å². The van der Waals surface area contributed by atoms with Crippen molar-refractivity contribution in [1.29, 1.82) is 0 Å². The molecular weight excluding hydrogens is 266 g/mol. The summed E-state index contributed by atoms with van der Waals surface area (Å²) in [7, 11) is 0. The Morgan fingerprint density at radius 3 is 2.95 bits per heavy atom. The van der Waals surface area contributed by atoms with Crippen LogP contribution in [0.1, 0.15) is 22.0 Å². The first-order valence-corrected chi connectivity index (χ1v) is 6.30. The van der Waals surface area contributed by atoms with Gasteiger partial charge in [0.15, 0.2) is 0 Å². The van der Waals surface area contributed by atoms with Crippen LogP contribution >= 0.6 is 11.3 Å². The predicted molar refractivity (Wildman–Crippen MR) is 68.1 cm³/mol. The number of nitrogens with zero attached hydrogens (tertiary/aromatic N) is 6. The third-order valence-corrected chi connectivity index (χ3v) is 3.01. The molecule has 0 spiro atoms. The number of amides is 1. The van der Waals surface area contributed by atoms with Crippen LogP contribution in [0.3, 0.4) is 0 Å². The smallest absolute Gasteiger partial charge is 0.294 e. The maximum atomic E-state index is 11.9. The molecule has 0 radical (unpaired) electrons. The number of fused-ring (bicyclic) bond motifs is 1. The summed E-state index contributed by atoms with van der Waals surface area (Å²) in [5, 5.41) is 14.5. The first-order valence-electron chi connectivity index (χ1n) is 5.42. The van der Waals surface area contributed by atoms with Crippen molar-refractivity contribution in [2.24, 2.45) is 0 Å². The van der Waals surface area contributed by atoms with Gasteiger partial charge in [-0.05, 0) is 19.9 Å². The highest BCUT2D eigenvalue weighted by atomic mass is 32.1. The van der Waals surface area contributed by atoms with E-state index in [-0.39, 0.29) is 5.82 Å². The lowest BCUT2D eigenvalue weighted by Crippen LogP contribution is -2.13. The van der Waals surface area contributed by atoms with Gasteiger partial charge in [0.2, 0.25) is 11.0 Å². The molecule has 3 rings (SSSR count). The van der Waals surface area contributed by atoms with E-state index in [1.165, 1.54) is 21.4 Å². The largest absolute Gasteiger partial charge is 0.297 e. The van der Waals surface area contributed by atoms with Gasteiger partial charge in [0.05, 0.1) is 0 Å². The average Bonchev–Trinajstić information content (AvgIpc) is 2.97. The molecule has 0 aliphatic heterocycles. The Labute approximate surface area is 111 Å². The minimum absolute atomic E-state index is 0.0522. The lowest BCUT2D eigenvalue weighted by atomic mass is 10.4. The summed E-state index contributed by atoms with van der Waals surface area (Å²) in [5.41, 5.74) is 3.22. The van der Waals surface area contributed by atoms with E-state index in [4.69, 9.17) is 0 Å². The van der Waals surface area contributed by atoms with E-state index < -0.39 is 5.91 Å². The molecular formula is C10H9N7OS. The first kappa shape index (κ1) is 11.7. The maximum Gasteiger partial charge on any atom is 0.297 e. The van der Waals surface area contributed by atoms with Crippen molar-refractivity contribution in [3.63, 3.8) is 0 Å². The van der Waals surface area contributed by atoms with E-state index >= 15 is 0 Å². The number of hydrogen-bond acceptors (Lipinski definition) is 7. The van der Waals surface area contributed by atoms with E-state index in [9.17, 15) is 4.79 Å². The van der Waals surface area contributed by atoms with Crippen molar-refractivity contribution >= 4 is 28.2 Å². The van der Waals surface area contributed by atoms with Gasteiger partial charge in [-0.1, -0.05) is 11.3 Å². The molecule has 1 amide bonds. The molecule has 0 saturated carbocycles. The quantitative estimate of drug-likeness (QED) is 0.744. The summed E-state index contributed by atoms with van der Waals surface area (Å²) in [6.45, 7) is 3.74. The monoisotopic (exact) mass is 275 g/mol. The Bertz CT molecular complexity index is 749. The van der Waals surface area contributed by atoms with Crippen LogP contribution in [0.5, 0.6) is 0 Å². The van der Waals surface area contributed by atoms with Crippen LogP contribution in [-0.4, -0.2) is 35.7 Å². The van der Waals surface area contributed by atoms with Gasteiger partial charge in [-0.3, -0.25) is 10.1 Å². The molecule has 0 aliphatic carbocycles. The summed E-state index contributed by atoms with van der Waals surface area (Å²) >= 11 is 1.23. The standard InChI is InChI=1S/C10H9N7OS/c1-5-3-6(2)17-9(12-5)13-7(16-17)8(18)14-10-15-11-4-19-10/h3-4H,1-2H3,(H,14,15,18). The molecule has 8 nitrogen and oxygen atoms in total. The third kappa shape index (κ3) is 2.15. The summed E-state index contributed by atoms with van der Waals surface area (Å²) in [6.07, 6.45) is 0. The zero-order chi connectivity index (χ0) is 13.4. The lowest BCUT2D eigenvalue weighted by Gasteiger charge is -1.97. The molecule has 0 unspecified atom stereocenters. The summed E-state index contributed by atoms with van der Waals surface area (Å²) in [5.74, 6) is 0.0237. The van der Waals surface area contributed by atoms with Crippen LogP contribution in [0.4, 0.5) is 5.13 Å². The lowest BCUT2D eigenvalue weighted by molar-refractivity contribution is 0.101. The highest BCUT2D eigenvalue weighted by molar-refractivity contribution is 7.13. The minimum atomic E-state index is -0.431. The van der Waals surface area contributed by atoms with Gasteiger partial charge in [0, 0.05) is 11.4 Å². The van der Waals surface area contributed by atoms with Crippen LogP contribution in [0.15, 0.2) is 11.6 Å². The Kier molecular flexibility index (Phi) is 2.67. The highest BCUT2D eigenvalue weighted by Gasteiger charge is 2.16. The van der Waals surface area contributed by atoms with Gasteiger partial charge in [-0.25, -0.2) is 9.50 Å². The summed E-state index contributed by atoms with van der Waals surface area (Å²) in [4.78, 5) is 20.3. The second kappa shape index (κ2) is 4.35. The van der Waals surface area contributed by atoms with Crippen molar-refractivity contribution in [3.05, 3.63) is 28.8 Å². The van der Waals surface area contributed by atoms with Crippen LogP contribution in [0.25, 0.3) is 5.78 Å². The second-order valence-electron chi connectivity index (χ2n) is 3.88. The Morgan fingerprint density at radius 1 is 1.37 bits per heavy atom. The average molecular weight is 275 g/mol. The fourth-order valence-corrected chi connectivity index (χ4v) is 2.08. The number of aryl methyl sites for hydroxylation is 2. The number of nitrogens with one attached hydrogen (secondary N) is 1. The van der Waals surface area contributed by atoms with Crippen molar-refractivity contribution in [3.8, 4) is 0 Å². The Hall–Kier alpha value is -2.42. The van der Waals surface area contributed by atoms with E-state index in [0.29, 0.717) is 10.9 Å². The maximum absolute atomic E-state index is 11.9. The van der Waals surface area contributed by atoms with Crippen LogP contribution in [-0.2, 0) is 0 Å². The molecule has 0 bridgehead atoms. The minimum Gasteiger partial charge on any atom is -0.294 e. The van der Waals surface area contributed by atoms with E-state index in [1.54, 1.807) is 0 Å². The van der Waals surface area contributed by atoms with Crippen molar-refractivity contribution in [1.82, 2.24) is 29.8 Å². The van der Waals surface area contributed by atoms with E-state index in [2.05, 4.69) is 30.6 Å². The number of hydrogen-bond donors (Lipinski definition) is 1. The number of carbonyl (C=O) groups is 1. The first-order chi connectivity index (χ1) is 9.13. The van der Waals surface area contributed by atoms with Crippen molar-refractivity contribution < 1.29 is 4.79 Å². The topological polar surface area (TPSA) is 98.0 Å². The molecule has 0 saturated heterocycles. The Balaban J connectivity index is 1.97. The third-order valence-electron chi connectivity index (χ3n) is 2.40. The SMILES string of the molecule is Cc1cc(C)n2nc(C(=O)Nc3nncs3)nc2n1. The molecule has 3 aromatic heterocycles. The number of rotatable bonds is 2. The number of anilines is 1. The molecule has 0 aromatic carbocycles. The van der Waals surface area contributed by atoms with Gasteiger partial charge >= 0.3 is 0 Å². The molecule has 9 heteroatoms. The van der Waals surface area contributed by atoms with Gasteiger partial charge in [0.1, 0.15) is 5.51 Å². The van der Waals surface area contributed by atoms with Gasteiger partial charge in [0.25, 0.3) is 11.7 Å². The zero-order valence-electron chi connectivity index (χ0n) is 10.2. The molecule has 19 heavy (non-hydrogen) atoms. The molecule has 0 atom stereocenters. The van der Waals surface area contributed by atoms with Crippen molar-refractivity contribution in [2.45, 2.75) is 13.8 Å². The van der Waals surface area contributed by atoms with E-state index in [0.717, 1.165) is 11.4 Å². The summed E-state index contributed by atoms with van der Waals surface area (Å²) in [6, 6.07) is 1.87. The molecule has 1 N–H and O–H groups in total. The highest BCUT2D eigenvalue weighted by Crippen LogP contribution is 2.10. The Morgan fingerprint density at radius 2 is 2.21 bits per heavy atom. The normalized spacial score (nSPS) is 10.8. The van der Waals surface area contributed by atoms with Crippen molar-refractivity contribution in [2.75, 3.05) is 5.32 Å². The van der Waals surface area contributed by atoms with E-state index in [1.807, 2.05) is 19.9 Å². The van der Waals surface area contributed by atoms with Gasteiger partial charge in [-0.2, -0.15) is 4.98 Å². The molecule has 0 fully saturated rings. The molecule has 3 aromatic rings. The van der Waals surface area contributed by atoms with Crippen LogP contribution in [0.2, 0.25) is 0 Å². The van der Waals surface area contributed by atoms with Crippen LogP contribution < -0.4 is 5.32 Å². The zero-order valence-corrected chi connectivity index (χ0v) is 11.0. The van der Waals surface area contributed by atoms with Gasteiger partial charge in [-0.15, -0.1) is 15.3 Å². The molecule has 0 aliphatic rings. The predicted octanol–water partition coefficient (Wildman–Crippen LogP) is 0.845. The summed E-state index contributed by atoms with van der Waals surface area (Å²) < 4.78 is 1.53. The second-order valence-corrected chi connectivity index (χ2v) is 4.72. The number of aromatic nitrogens is 6. The fraction of sp³-hybridized carbons (Fsp3) is 0.200. The number of carbonyl (C=O) groups excluding carboxylic acids is 1.